The molecule has 0 amide bonds. The summed E-state index contributed by atoms with van der Waals surface area (Å²) >= 11 is 0. The van der Waals surface area contributed by atoms with Gasteiger partial charge in [-0.3, -0.25) is 0 Å². The summed E-state index contributed by atoms with van der Waals surface area (Å²) in [5.74, 6) is -0.829. The van der Waals surface area contributed by atoms with Crippen molar-refractivity contribution in [3.63, 3.8) is 0 Å². The number of H-pyrrole nitrogens is 1. The minimum atomic E-state index is -1.61. The van der Waals surface area contributed by atoms with Crippen LogP contribution in [0.5, 0.6) is 11.8 Å². The highest BCUT2D eigenvalue weighted by Crippen LogP contribution is 2.21. The predicted octanol–water partition coefficient (Wildman–Crippen LogP) is 0.523. The summed E-state index contributed by atoms with van der Waals surface area (Å²) in [7, 11) is 0. The van der Waals surface area contributed by atoms with Gasteiger partial charge in [-0.2, -0.15) is 4.98 Å². The van der Waals surface area contributed by atoms with Crippen molar-refractivity contribution in [3.05, 3.63) is 6.33 Å². The van der Waals surface area contributed by atoms with Crippen LogP contribution in [0, 0.1) is 0 Å². The Morgan fingerprint density at radius 3 is 2.46 bits per heavy atom. The molecule has 8 nitrogen and oxygen atoms in total. The predicted molar refractivity (Wildman–Crippen MR) is 35.9 cm³/mol. The molecular formula is C5H4N2O6. The highest BCUT2D eigenvalue weighted by Gasteiger charge is 2.14. The molecule has 0 aliphatic heterocycles. The number of carboxylic acid groups (broad SMARTS) is 2. The maximum atomic E-state index is 10.0. The number of aromatic amines is 1. The van der Waals surface area contributed by atoms with Gasteiger partial charge in [0, 0.05) is 0 Å². The van der Waals surface area contributed by atoms with Crippen LogP contribution >= 0.6 is 0 Å². The zero-order chi connectivity index (χ0) is 9.84. The SMILES string of the molecule is O=C(O)Oc1nc[nH]c1OC(=O)O. The number of ether oxygens (including phenoxy) is 2. The van der Waals surface area contributed by atoms with E-state index in [4.69, 9.17) is 10.2 Å². The summed E-state index contributed by atoms with van der Waals surface area (Å²) in [6.45, 7) is 0. The molecule has 1 aromatic rings. The molecule has 0 saturated carbocycles. The Labute approximate surface area is 70.7 Å². The molecule has 0 atom stereocenters. The zero-order valence-corrected chi connectivity index (χ0v) is 6.05. The van der Waals surface area contributed by atoms with E-state index in [2.05, 4.69) is 19.4 Å². The molecule has 8 heteroatoms. The van der Waals surface area contributed by atoms with E-state index in [1.54, 1.807) is 0 Å². The summed E-state index contributed by atoms with van der Waals surface area (Å²) in [5, 5.41) is 16.3. The minimum absolute atomic E-state index is 0.380. The van der Waals surface area contributed by atoms with Crippen molar-refractivity contribution in [2.45, 2.75) is 0 Å². The first-order valence-electron chi connectivity index (χ1n) is 2.94. The number of carbonyl (C=O) groups is 2. The standard InChI is InChI=1S/C5H4N2O6/c8-4(9)12-2-3(7-1-6-2)13-5(10)11/h1H,(H,6,7)(H,8,9)(H,10,11). The van der Waals surface area contributed by atoms with Gasteiger partial charge in [0.05, 0.1) is 6.33 Å². The smallest absolute Gasteiger partial charge is 0.449 e. The van der Waals surface area contributed by atoms with Gasteiger partial charge in [-0.05, 0) is 0 Å². The molecule has 0 aliphatic carbocycles. The van der Waals surface area contributed by atoms with Crippen LogP contribution in [0.1, 0.15) is 0 Å². The van der Waals surface area contributed by atoms with E-state index in [-0.39, 0.29) is 5.88 Å². The van der Waals surface area contributed by atoms with Crippen molar-refractivity contribution in [3.8, 4) is 11.8 Å². The molecule has 0 bridgehead atoms. The number of imidazole rings is 1. The first-order chi connectivity index (χ1) is 6.09. The van der Waals surface area contributed by atoms with Gasteiger partial charge in [0.25, 0.3) is 11.8 Å². The Hall–Kier alpha value is -2.25. The Balaban J connectivity index is 2.76. The fourth-order valence-electron chi connectivity index (χ4n) is 0.586. The molecule has 1 aromatic heterocycles. The van der Waals surface area contributed by atoms with Crippen molar-refractivity contribution < 1.29 is 29.3 Å². The number of hydrogen-bond donors (Lipinski definition) is 3. The first kappa shape index (κ1) is 8.84. The van der Waals surface area contributed by atoms with Crippen LogP contribution in [0.3, 0.4) is 0 Å². The Bertz CT molecular complexity index is 301. The molecule has 0 saturated heterocycles. The van der Waals surface area contributed by atoms with Crippen LogP contribution in [-0.4, -0.2) is 32.5 Å². The molecule has 1 heterocycles. The highest BCUT2D eigenvalue weighted by atomic mass is 16.7. The largest absolute Gasteiger partial charge is 0.512 e. The van der Waals surface area contributed by atoms with E-state index in [0.29, 0.717) is 0 Å². The lowest BCUT2D eigenvalue weighted by Crippen LogP contribution is -2.08. The Morgan fingerprint density at radius 1 is 1.31 bits per heavy atom. The summed E-state index contributed by atoms with van der Waals surface area (Å²) in [5.41, 5.74) is 0. The molecule has 70 valence electrons. The first-order valence-corrected chi connectivity index (χ1v) is 2.94. The lowest BCUT2D eigenvalue weighted by Gasteiger charge is -1.97. The fourth-order valence-corrected chi connectivity index (χ4v) is 0.586. The Kier molecular flexibility index (Phi) is 2.33. The third-order valence-electron chi connectivity index (χ3n) is 0.945. The lowest BCUT2D eigenvalue weighted by atomic mass is 10.8. The average molecular weight is 188 g/mol. The van der Waals surface area contributed by atoms with Gasteiger partial charge in [-0.25, -0.2) is 9.59 Å². The van der Waals surface area contributed by atoms with Gasteiger partial charge >= 0.3 is 12.3 Å². The summed E-state index contributed by atoms with van der Waals surface area (Å²) in [6, 6.07) is 0. The molecule has 0 unspecified atom stereocenters. The highest BCUT2D eigenvalue weighted by molar-refractivity contribution is 5.64. The summed E-state index contributed by atoms with van der Waals surface area (Å²) in [6.07, 6.45) is -2.17. The van der Waals surface area contributed by atoms with E-state index >= 15 is 0 Å². The van der Waals surface area contributed by atoms with Crippen molar-refractivity contribution in [2.24, 2.45) is 0 Å². The summed E-state index contributed by atoms with van der Waals surface area (Å²) in [4.78, 5) is 25.7. The second kappa shape index (κ2) is 3.43. The number of nitrogens with one attached hydrogen (secondary N) is 1. The van der Waals surface area contributed by atoms with Gasteiger partial charge in [-0.1, -0.05) is 0 Å². The van der Waals surface area contributed by atoms with Crippen LogP contribution in [0.4, 0.5) is 9.59 Å². The minimum Gasteiger partial charge on any atom is -0.449 e. The maximum absolute atomic E-state index is 10.0. The zero-order valence-electron chi connectivity index (χ0n) is 6.05. The molecule has 0 fully saturated rings. The van der Waals surface area contributed by atoms with E-state index in [9.17, 15) is 9.59 Å². The molecule has 1 rings (SSSR count). The number of hydrogen-bond acceptors (Lipinski definition) is 5. The second-order valence-electron chi connectivity index (χ2n) is 1.77. The quantitative estimate of drug-likeness (QED) is 0.578. The van der Waals surface area contributed by atoms with Crippen molar-refractivity contribution in [1.29, 1.82) is 0 Å². The van der Waals surface area contributed by atoms with E-state index < -0.39 is 18.2 Å². The van der Waals surface area contributed by atoms with E-state index in [0.717, 1.165) is 6.33 Å². The van der Waals surface area contributed by atoms with Crippen LogP contribution in [0.15, 0.2) is 6.33 Å². The summed E-state index contributed by atoms with van der Waals surface area (Å²) < 4.78 is 8.17. The van der Waals surface area contributed by atoms with Crippen molar-refractivity contribution >= 4 is 12.3 Å². The maximum Gasteiger partial charge on any atom is 0.512 e. The third kappa shape index (κ3) is 2.36. The second-order valence-corrected chi connectivity index (χ2v) is 1.77. The molecule has 0 spiro atoms. The van der Waals surface area contributed by atoms with Crippen molar-refractivity contribution in [2.75, 3.05) is 0 Å². The molecule has 0 aliphatic rings. The average Bonchev–Trinajstić information content (AvgIpc) is 2.34. The molecule has 13 heavy (non-hydrogen) atoms. The van der Waals surface area contributed by atoms with Crippen molar-refractivity contribution in [1.82, 2.24) is 9.97 Å². The van der Waals surface area contributed by atoms with Gasteiger partial charge in [0.15, 0.2) is 0 Å². The van der Waals surface area contributed by atoms with Crippen LogP contribution in [0.25, 0.3) is 0 Å². The van der Waals surface area contributed by atoms with Gasteiger partial charge < -0.3 is 24.7 Å². The van der Waals surface area contributed by atoms with Crippen LogP contribution in [-0.2, 0) is 0 Å². The Morgan fingerprint density at radius 2 is 1.92 bits per heavy atom. The number of nitrogens with zero attached hydrogens (tertiary/aromatic N) is 1. The molecule has 0 aromatic carbocycles. The van der Waals surface area contributed by atoms with Crippen LogP contribution < -0.4 is 9.47 Å². The van der Waals surface area contributed by atoms with Crippen LogP contribution in [0.2, 0.25) is 0 Å². The van der Waals surface area contributed by atoms with E-state index in [1.165, 1.54) is 0 Å². The third-order valence-corrected chi connectivity index (χ3v) is 0.945. The fraction of sp³-hybridized carbons (Fsp3) is 0. The number of aromatic nitrogens is 2. The monoisotopic (exact) mass is 188 g/mol. The lowest BCUT2D eigenvalue weighted by molar-refractivity contribution is 0.130. The van der Waals surface area contributed by atoms with Gasteiger partial charge in [0.2, 0.25) is 0 Å². The molecule has 3 N–H and O–H groups in total. The normalized spacial score (nSPS) is 9.23. The topological polar surface area (TPSA) is 122 Å². The van der Waals surface area contributed by atoms with Gasteiger partial charge in [0.1, 0.15) is 0 Å². The van der Waals surface area contributed by atoms with Gasteiger partial charge in [-0.15, -0.1) is 0 Å². The molecular weight excluding hydrogens is 184 g/mol. The number of rotatable bonds is 2. The molecule has 0 radical (unpaired) electrons. The van der Waals surface area contributed by atoms with E-state index in [1.807, 2.05) is 0 Å².